The van der Waals surface area contributed by atoms with Crippen LogP contribution < -0.4 is 10.0 Å². The maximum absolute atomic E-state index is 12.0. The maximum atomic E-state index is 12.0. The molecule has 0 atom stereocenters. The zero-order chi connectivity index (χ0) is 13.0. The maximum Gasteiger partial charge on any atom is 0.240 e. The van der Waals surface area contributed by atoms with E-state index in [1.54, 1.807) is 42.6 Å². The molecule has 1 aromatic heterocycles. The summed E-state index contributed by atoms with van der Waals surface area (Å²) in [4.78, 5) is 0.275. The number of anilines is 1. The Kier molecular flexibility index (Phi) is 4.00. The van der Waals surface area contributed by atoms with E-state index in [9.17, 15) is 8.42 Å². The molecule has 0 spiro atoms. The molecule has 0 aliphatic carbocycles. The third-order valence-corrected chi connectivity index (χ3v) is 4.65. The molecule has 0 bridgehead atoms. The summed E-state index contributed by atoms with van der Waals surface area (Å²) in [5.41, 5.74) is 1.85. The Hall–Kier alpha value is -1.37. The molecule has 0 radical (unpaired) electrons. The van der Waals surface area contributed by atoms with Crippen molar-refractivity contribution in [2.45, 2.75) is 11.4 Å². The van der Waals surface area contributed by atoms with Crippen molar-refractivity contribution in [2.75, 3.05) is 12.4 Å². The van der Waals surface area contributed by atoms with Crippen molar-refractivity contribution in [3.63, 3.8) is 0 Å². The lowest BCUT2D eigenvalue weighted by Crippen LogP contribution is -2.22. The number of sulfonamides is 1. The summed E-state index contributed by atoms with van der Waals surface area (Å²) >= 11 is 1.55. The fourth-order valence-corrected chi connectivity index (χ4v) is 3.14. The molecule has 96 valence electrons. The molecule has 0 saturated carbocycles. The van der Waals surface area contributed by atoms with Crippen LogP contribution in [0, 0.1) is 0 Å². The van der Waals surface area contributed by atoms with Crippen molar-refractivity contribution in [3.05, 3.63) is 46.7 Å². The van der Waals surface area contributed by atoms with Crippen molar-refractivity contribution >= 4 is 27.0 Å². The number of rotatable bonds is 5. The van der Waals surface area contributed by atoms with Gasteiger partial charge in [0.2, 0.25) is 10.0 Å². The molecule has 1 aromatic carbocycles. The quantitative estimate of drug-likeness (QED) is 0.884. The minimum atomic E-state index is -3.43. The summed E-state index contributed by atoms with van der Waals surface area (Å²) in [7, 11) is -1.64. The van der Waals surface area contributed by atoms with Crippen LogP contribution in [0.25, 0.3) is 0 Å². The lowest BCUT2D eigenvalue weighted by atomic mass is 10.3. The molecule has 0 unspecified atom stereocenters. The zero-order valence-electron chi connectivity index (χ0n) is 9.88. The smallest absolute Gasteiger partial charge is 0.240 e. The van der Waals surface area contributed by atoms with Crippen LogP contribution in [0.4, 0.5) is 5.69 Å². The Labute approximate surface area is 111 Å². The molecule has 0 aliphatic rings. The van der Waals surface area contributed by atoms with E-state index in [4.69, 9.17) is 0 Å². The highest BCUT2D eigenvalue weighted by atomic mass is 32.2. The van der Waals surface area contributed by atoms with Gasteiger partial charge in [0.25, 0.3) is 0 Å². The number of hydrogen-bond donors (Lipinski definition) is 2. The van der Waals surface area contributed by atoms with Crippen molar-refractivity contribution in [2.24, 2.45) is 0 Å². The highest BCUT2D eigenvalue weighted by molar-refractivity contribution is 7.89. The normalized spacial score (nSPS) is 11.4. The average molecular weight is 282 g/mol. The number of nitrogens with one attached hydrogen (secondary N) is 2. The molecule has 0 aliphatic heterocycles. The van der Waals surface area contributed by atoms with Crippen LogP contribution in [0.3, 0.4) is 0 Å². The number of thiophene rings is 1. The summed E-state index contributed by atoms with van der Waals surface area (Å²) in [5.74, 6) is 0. The molecule has 2 N–H and O–H groups in total. The predicted octanol–water partition coefficient (Wildman–Crippen LogP) is 2.27. The lowest BCUT2D eigenvalue weighted by Gasteiger charge is -2.06. The van der Waals surface area contributed by atoms with Gasteiger partial charge in [-0.25, -0.2) is 13.1 Å². The van der Waals surface area contributed by atoms with Crippen molar-refractivity contribution in [1.82, 2.24) is 4.72 Å². The third kappa shape index (κ3) is 3.10. The first-order chi connectivity index (χ1) is 8.62. The Morgan fingerprint density at radius 1 is 1.17 bits per heavy atom. The molecule has 1 heterocycles. The first-order valence-corrected chi connectivity index (χ1v) is 7.83. The fraction of sp³-hybridized carbons (Fsp3) is 0.167. The van der Waals surface area contributed by atoms with E-state index in [1.165, 1.54) is 0 Å². The summed E-state index contributed by atoms with van der Waals surface area (Å²) < 4.78 is 26.6. The van der Waals surface area contributed by atoms with Gasteiger partial charge in [-0.2, -0.15) is 11.3 Å². The van der Waals surface area contributed by atoms with Crippen molar-refractivity contribution in [1.29, 1.82) is 0 Å². The van der Waals surface area contributed by atoms with Crippen LogP contribution in [0.15, 0.2) is 46.0 Å². The Morgan fingerprint density at radius 3 is 2.44 bits per heavy atom. The first-order valence-electron chi connectivity index (χ1n) is 5.40. The highest BCUT2D eigenvalue weighted by Gasteiger charge is 2.13. The van der Waals surface area contributed by atoms with Crippen LogP contribution in [0.2, 0.25) is 0 Å². The fourth-order valence-electron chi connectivity index (χ4n) is 1.46. The Balaban J connectivity index is 2.09. The largest absolute Gasteiger partial charge is 0.388 e. The van der Waals surface area contributed by atoms with Gasteiger partial charge in [-0.3, -0.25) is 0 Å². The Morgan fingerprint density at radius 2 is 1.89 bits per heavy atom. The zero-order valence-corrected chi connectivity index (χ0v) is 11.5. The molecule has 6 heteroatoms. The van der Waals surface area contributed by atoms with E-state index < -0.39 is 10.0 Å². The van der Waals surface area contributed by atoms with Crippen molar-refractivity contribution < 1.29 is 8.42 Å². The van der Waals surface area contributed by atoms with Gasteiger partial charge < -0.3 is 5.32 Å². The van der Waals surface area contributed by atoms with Gasteiger partial charge in [0, 0.05) is 19.3 Å². The van der Waals surface area contributed by atoms with Gasteiger partial charge in [0.05, 0.1) is 4.90 Å². The standard InChI is InChI=1S/C12H14N2O2S2/c1-13-11-2-4-12(5-3-11)18(15,16)14-8-10-6-7-17-9-10/h2-7,9,13-14H,8H2,1H3. The van der Waals surface area contributed by atoms with Gasteiger partial charge in [0.1, 0.15) is 0 Å². The summed E-state index contributed by atoms with van der Waals surface area (Å²) in [5, 5.41) is 6.79. The Bertz CT molecular complexity index is 590. The first kappa shape index (κ1) is 13.1. The molecule has 2 rings (SSSR count). The number of hydrogen-bond acceptors (Lipinski definition) is 4. The number of benzene rings is 1. The van der Waals surface area contributed by atoms with E-state index in [-0.39, 0.29) is 4.90 Å². The summed E-state index contributed by atoms with van der Waals surface area (Å²) in [6.45, 7) is 0.319. The van der Waals surface area contributed by atoms with E-state index in [0.29, 0.717) is 6.54 Å². The van der Waals surface area contributed by atoms with Gasteiger partial charge in [-0.05, 0) is 46.7 Å². The van der Waals surface area contributed by atoms with Crippen LogP contribution >= 0.6 is 11.3 Å². The lowest BCUT2D eigenvalue weighted by molar-refractivity contribution is 0.581. The summed E-state index contributed by atoms with van der Waals surface area (Å²) in [6.07, 6.45) is 0. The SMILES string of the molecule is CNc1ccc(S(=O)(=O)NCc2ccsc2)cc1. The second-order valence-electron chi connectivity index (χ2n) is 3.73. The predicted molar refractivity (Wildman–Crippen MR) is 74.3 cm³/mol. The van der Waals surface area contributed by atoms with E-state index in [1.807, 2.05) is 16.8 Å². The van der Waals surface area contributed by atoms with Gasteiger partial charge >= 0.3 is 0 Å². The average Bonchev–Trinajstić information content (AvgIpc) is 2.90. The van der Waals surface area contributed by atoms with E-state index in [0.717, 1.165) is 11.3 Å². The van der Waals surface area contributed by atoms with Gasteiger partial charge in [-0.1, -0.05) is 0 Å². The van der Waals surface area contributed by atoms with Crippen molar-refractivity contribution in [3.8, 4) is 0 Å². The van der Waals surface area contributed by atoms with Gasteiger partial charge in [0.15, 0.2) is 0 Å². The van der Waals surface area contributed by atoms with Crippen LogP contribution in [-0.2, 0) is 16.6 Å². The molecule has 0 amide bonds. The summed E-state index contributed by atoms with van der Waals surface area (Å²) in [6, 6.07) is 8.54. The van der Waals surface area contributed by atoms with E-state index in [2.05, 4.69) is 10.0 Å². The van der Waals surface area contributed by atoms with Gasteiger partial charge in [-0.15, -0.1) is 0 Å². The molecular weight excluding hydrogens is 268 g/mol. The monoisotopic (exact) mass is 282 g/mol. The third-order valence-electron chi connectivity index (χ3n) is 2.50. The minimum absolute atomic E-state index is 0.275. The molecule has 4 nitrogen and oxygen atoms in total. The molecule has 0 fully saturated rings. The second kappa shape index (κ2) is 5.51. The highest BCUT2D eigenvalue weighted by Crippen LogP contribution is 2.14. The van der Waals surface area contributed by atoms with Crippen LogP contribution in [0.5, 0.6) is 0 Å². The topological polar surface area (TPSA) is 58.2 Å². The molecule has 18 heavy (non-hydrogen) atoms. The van der Waals surface area contributed by atoms with Crippen LogP contribution in [-0.4, -0.2) is 15.5 Å². The second-order valence-corrected chi connectivity index (χ2v) is 6.28. The minimum Gasteiger partial charge on any atom is -0.388 e. The van der Waals surface area contributed by atoms with Crippen LogP contribution in [0.1, 0.15) is 5.56 Å². The molecular formula is C12H14N2O2S2. The molecule has 2 aromatic rings. The molecule has 0 saturated heterocycles. The van der Waals surface area contributed by atoms with E-state index >= 15 is 0 Å².